The van der Waals surface area contributed by atoms with Crippen molar-refractivity contribution < 1.29 is 14.2 Å². The van der Waals surface area contributed by atoms with Gasteiger partial charge in [-0.3, -0.25) is 0 Å². The highest BCUT2D eigenvalue weighted by molar-refractivity contribution is 4.95. The Labute approximate surface area is 126 Å². The van der Waals surface area contributed by atoms with Crippen LogP contribution in [0.3, 0.4) is 0 Å². The summed E-state index contributed by atoms with van der Waals surface area (Å²) < 4.78 is 17.3. The summed E-state index contributed by atoms with van der Waals surface area (Å²) in [7, 11) is 3.51. The Morgan fingerprint density at radius 2 is 1.30 bits per heavy atom. The minimum Gasteiger partial charge on any atom is -0.384 e. The monoisotopic (exact) mass is 288 g/mol. The van der Waals surface area contributed by atoms with Crippen molar-refractivity contribution in [1.29, 1.82) is 0 Å². The molecule has 0 N–H and O–H groups in total. The highest BCUT2D eigenvalue weighted by Gasteiger charge is 2.48. The molecule has 0 aliphatic rings. The van der Waals surface area contributed by atoms with Crippen LogP contribution in [0.1, 0.15) is 54.9 Å². The fourth-order valence-electron chi connectivity index (χ4n) is 2.28. The Hall–Kier alpha value is -0.120. The lowest BCUT2D eigenvalue weighted by molar-refractivity contribution is -0.159. The van der Waals surface area contributed by atoms with Crippen molar-refractivity contribution in [2.75, 3.05) is 34.0 Å². The fourth-order valence-corrected chi connectivity index (χ4v) is 2.28. The fraction of sp³-hybridized carbons (Fsp3) is 1.00. The highest BCUT2D eigenvalue weighted by atomic mass is 16.5. The topological polar surface area (TPSA) is 27.7 Å². The molecule has 0 saturated heterocycles. The Morgan fingerprint density at radius 3 is 1.60 bits per heavy atom. The van der Waals surface area contributed by atoms with E-state index in [1.165, 1.54) is 0 Å². The van der Waals surface area contributed by atoms with Gasteiger partial charge in [-0.25, -0.2) is 0 Å². The predicted molar refractivity (Wildman–Crippen MR) is 85.1 cm³/mol. The molecule has 0 atom stereocenters. The lowest BCUT2D eigenvalue weighted by atomic mass is 9.61. The molecule has 3 heteroatoms. The van der Waals surface area contributed by atoms with E-state index in [1.807, 2.05) is 0 Å². The minimum absolute atomic E-state index is 0.0584. The van der Waals surface area contributed by atoms with E-state index in [9.17, 15) is 0 Å². The van der Waals surface area contributed by atoms with E-state index in [-0.39, 0.29) is 16.4 Å². The van der Waals surface area contributed by atoms with E-state index in [4.69, 9.17) is 14.2 Å². The van der Waals surface area contributed by atoms with E-state index >= 15 is 0 Å². The predicted octanol–water partition coefficient (Wildman–Crippen LogP) is 4.15. The Kier molecular flexibility index (Phi) is 7.72. The van der Waals surface area contributed by atoms with Crippen LogP contribution < -0.4 is 0 Å². The maximum atomic E-state index is 6.23. The summed E-state index contributed by atoms with van der Waals surface area (Å²) in [4.78, 5) is 0. The van der Waals surface area contributed by atoms with Gasteiger partial charge in [0, 0.05) is 19.6 Å². The molecule has 20 heavy (non-hydrogen) atoms. The van der Waals surface area contributed by atoms with Crippen LogP contribution in [0.2, 0.25) is 0 Å². The van der Waals surface area contributed by atoms with Crippen molar-refractivity contribution in [2.24, 2.45) is 16.7 Å². The molecule has 0 spiro atoms. The number of ether oxygens (including phenoxy) is 3. The molecule has 0 saturated carbocycles. The van der Waals surface area contributed by atoms with Gasteiger partial charge >= 0.3 is 0 Å². The van der Waals surface area contributed by atoms with Crippen LogP contribution in [-0.4, -0.2) is 39.6 Å². The molecule has 0 aromatic carbocycles. The van der Waals surface area contributed by atoms with Crippen molar-refractivity contribution in [3.05, 3.63) is 0 Å². The van der Waals surface area contributed by atoms with E-state index < -0.39 is 0 Å². The van der Waals surface area contributed by atoms with Crippen LogP contribution >= 0.6 is 0 Å². The van der Waals surface area contributed by atoms with Crippen LogP contribution in [0.25, 0.3) is 0 Å². The largest absolute Gasteiger partial charge is 0.384 e. The highest BCUT2D eigenvalue weighted by Crippen LogP contribution is 2.46. The summed E-state index contributed by atoms with van der Waals surface area (Å²) in [6.07, 6.45) is 0.991. The number of methoxy groups -OCH3 is 2. The summed E-state index contributed by atoms with van der Waals surface area (Å²) in [5.41, 5.74) is -0.195. The van der Waals surface area contributed by atoms with Gasteiger partial charge in [-0.05, 0) is 31.6 Å². The summed E-state index contributed by atoms with van der Waals surface area (Å²) in [5, 5.41) is 0. The Balaban J connectivity index is 5.32. The molecule has 0 bridgehead atoms. The smallest absolute Gasteiger partial charge is 0.0624 e. The minimum atomic E-state index is -0.142. The van der Waals surface area contributed by atoms with Crippen molar-refractivity contribution in [2.45, 2.75) is 60.5 Å². The van der Waals surface area contributed by atoms with Gasteiger partial charge in [0.1, 0.15) is 0 Å². The molecule has 0 aromatic rings. The summed E-state index contributed by atoms with van der Waals surface area (Å²) in [6, 6.07) is 0. The Morgan fingerprint density at radius 1 is 0.850 bits per heavy atom. The van der Waals surface area contributed by atoms with E-state index in [2.05, 4.69) is 48.5 Å². The third-order valence-corrected chi connectivity index (χ3v) is 5.24. The van der Waals surface area contributed by atoms with Crippen molar-refractivity contribution in [1.82, 2.24) is 0 Å². The standard InChI is InChI=1S/C17H36O3/c1-10-15(4,5)20-13-17(11-18-8,12-19-9)16(6,7)14(2)3/h14H,10-13H2,1-9H3. The third-order valence-electron chi connectivity index (χ3n) is 5.24. The molecule has 0 aliphatic carbocycles. The third kappa shape index (κ3) is 4.71. The average Bonchev–Trinajstić information content (AvgIpc) is 2.36. The normalized spacial score (nSPS) is 14.1. The van der Waals surface area contributed by atoms with Crippen LogP contribution in [-0.2, 0) is 14.2 Å². The van der Waals surface area contributed by atoms with Gasteiger partial charge in [0.15, 0.2) is 0 Å². The first-order chi connectivity index (χ1) is 9.08. The van der Waals surface area contributed by atoms with Crippen molar-refractivity contribution >= 4 is 0 Å². The van der Waals surface area contributed by atoms with Gasteiger partial charge in [0.2, 0.25) is 0 Å². The first-order valence-corrected chi connectivity index (χ1v) is 7.70. The zero-order chi connectivity index (χ0) is 16.0. The molecule has 0 unspecified atom stereocenters. The lowest BCUT2D eigenvalue weighted by Gasteiger charge is -2.49. The maximum absolute atomic E-state index is 6.23. The number of hydrogen-bond donors (Lipinski definition) is 0. The van der Waals surface area contributed by atoms with Gasteiger partial charge in [-0.1, -0.05) is 34.6 Å². The zero-order valence-electron chi connectivity index (χ0n) is 15.1. The van der Waals surface area contributed by atoms with Crippen molar-refractivity contribution in [3.8, 4) is 0 Å². The summed E-state index contributed by atoms with van der Waals surface area (Å²) in [5.74, 6) is 0.515. The Bertz CT molecular complexity index is 263. The molecule has 0 aromatic heterocycles. The second-order valence-electron chi connectivity index (χ2n) is 7.42. The molecular weight excluding hydrogens is 252 g/mol. The van der Waals surface area contributed by atoms with Gasteiger partial charge < -0.3 is 14.2 Å². The van der Waals surface area contributed by atoms with Crippen LogP contribution in [0, 0.1) is 16.7 Å². The molecule has 122 valence electrons. The van der Waals surface area contributed by atoms with Crippen LogP contribution in [0.4, 0.5) is 0 Å². The van der Waals surface area contributed by atoms with E-state index in [1.54, 1.807) is 14.2 Å². The quantitative estimate of drug-likeness (QED) is 0.604. The number of hydrogen-bond acceptors (Lipinski definition) is 3. The summed E-state index contributed by atoms with van der Waals surface area (Å²) >= 11 is 0. The summed E-state index contributed by atoms with van der Waals surface area (Å²) in [6.45, 7) is 17.5. The molecule has 0 fully saturated rings. The van der Waals surface area contributed by atoms with E-state index in [0.717, 1.165) is 6.42 Å². The second kappa shape index (κ2) is 7.77. The molecule has 0 radical (unpaired) electrons. The average molecular weight is 288 g/mol. The first-order valence-electron chi connectivity index (χ1n) is 7.70. The van der Waals surface area contributed by atoms with Crippen molar-refractivity contribution in [3.63, 3.8) is 0 Å². The van der Waals surface area contributed by atoms with Crippen LogP contribution in [0.15, 0.2) is 0 Å². The molecule has 0 heterocycles. The van der Waals surface area contributed by atoms with Gasteiger partial charge in [-0.2, -0.15) is 0 Å². The molecular formula is C17H36O3. The van der Waals surface area contributed by atoms with Crippen LogP contribution in [0.5, 0.6) is 0 Å². The van der Waals surface area contributed by atoms with Gasteiger partial charge in [0.25, 0.3) is 0 Å². The maximum Gasteiger partial charge on any atom is 0.0624 e. The zero-order valence-corrected chi connectivity index (χ0v) is 15.1. The lowest BCUT2D eigenvalue weighted by Crippen LogP contribution is -2.52. The SMILES string of the molecule is CCC(C)(C)OCC(COC)(COC)C(C)(C)C(C)C. The second-order valence-corrected chi connectivity index (χ2v) is 7.42. The molecule has 0 amide bonds. The van der Waals surface area contributed by atoms with E-state index in [0.29, 0.717) is 25.7 Å². The van der Waals surface area contributed by atoms with Gasteiger partial charge in [-0.15, -0.1) is 0 Å². The molecule has 0 rings (SSSR count). The molecule has 0 aliphatic heterocycles. The van der Waals surface area contributed by atoms with Gasteiger partial charge in [0.05, 0.1) is 25.4 Å². The first kappa shape index (κ1) is 19.9. The molecule has 3 nitrogen and oxygen atoms in total. The number of rotatable bonds is 10.